The summed E-state index contributed by atoms with van der Waals surface area (Å²) in [6.45, 7) is 2.57. The zero-order valence-corrected chi connectivity index (χ0v) is 8.50. The van der Waals surface area contributed by atoms with Crippen molar-refractivity contribution in [3.05, 3.63) is 17.6 Å². The van der Waals surface area contributed by atoms with Gasteiger partial charge in [-0.3, -0.25) is 0 Å². The van der Waals surface area contributed by atoms with Crippen molar-refractivity contribution in [2.45, 2.75) is 32.1 Å². The van der Waals surface area contributed by atoms with Crippen LogP contribution in [-0.2, 0) is 0 Å². The second kappa shape index (κ2) is 4.08. The Labute approximate surface area is 86.9 Å². The summed E-state index contributed by atoms with van der Waals surface area (Å²) < 4.78 is 25.1. The van der Waals surface area contributed by atoms with Gasteiger partial charge in [0.15, 0.2) is 0 Å². The SMILES string of the molecule is CCNc1cc(C(F)F)nc(C2CC2)n1. The normalized spacial score (nSPS) is 15.7. The highest BCUT2D eigenvalue weighted by atomic mass is 19.3. The molecule has 15 heavy (non-hydrogen) atoms. The third kappa shape index (κ3) is 2.40. The first-order valence-electron chi connectivity index (χ1n) is 5.11. The molecule has 0 radical (unpaired) electrons. The zero-order chi connectivity index (χ0) is 10.8. The third-order valence-electron chi connectivity index (χ3n) is 2.29. The van der Waals surface area contributed by atoms with Crippen molar-refractivity contribution in [3.63, 3.8) is 0 Å². The van der Waals surface area contributed by atoms with Gasteiger partial charge in [0.05, 0.1) is 0 Å². The Bertz CT molecular complexity index is 330. The Morgan fingerprint density at radius 3 is 2.73 bits per heavy atom. The smallest absolute Gasteiger partial charge is 0.280 e. The summed E-state index contributed by atoms with van der Waals surface area (Å²) in [5.74, 6) is 1.36. The number of alkyl halides is 2. The van der Waals surface area contributed by atoms with Crippen LogP contribution in [0.15, 0.2) is 6.07 Å². The van der Waals surface area contributed by atoms with E-state index in [1.807, 2.05) is 6.92 Å². The second-order valence-electron chi connectivity index (χ2n) is 3.64. The summed E-state index contributed by atoms with van der Waals surface area (Å²) >= 11 is 0. The fourth-order valence-corrected chi connectivity index (χ4v) is 1.39. The van der Waals surface area contributed by atoms with E-state index in [2.05, 4.69) is 15.3 Å². The van der Waals surface area contributed by atoms with Gasteiger partial charge in [-0.1, -0.05) is 0 Å². The number of nitrogens with zero attached hydrogens (tertiary/aromatic N) is 2. The number of hydrogen-bond acceptors (Lipinski definition) is 3. The molecule has 1 aromatic rings. The van der Waals surface area contributed by atoms with Crippen molar-refractivity contribution in [1.82, 2.24) is 9.97 Å². The van der Waals surface area contributed by atoms with Gasteiger partial charge in [-0.25, -0.2) is 18.7 Å². The molecule has 1 fully saturated rings. The van der Waals surface area contributed by atoms with Crippen LogP contribution in [0.2, 0.25) is 0 Å². The molecule has 1 aliphatic carbocycles. The van der Waals surface area contributed by atoms with E-state index in [4.69, 9.17) is 0 Å². The fourth-order valence-electron chi connectivity index (χ4n) is 1.39. The molecule has 0 aliphatic heterocycles. The lowest BCUT2D eigenvalue weighted by molar-refractivity contribution is 0.145. The summed E-state index contributed by atoms with van der Waals surface area (Å²) in [4.78, 5) is 8.09. The van der Waals surface area contributed by atoms with Crippen LogP contribution in [0, 0.1) is 0 Å². The Morgan fingerprint density at radius 2 is 2.20 bits per heavy atom. The van der Waals surface area contributed by atoms with E-state index < -0.39 is 6.43 Å². The third-order valence-corrected chi connectivity index (χ3v) is 2.29. The topological polar surface area (TPSA) is 37.8 Å². The molecule has 5 heteroatoms. The standard InChI is InChI=1S/C10H13F2N3/c1-2-13-8-5-7(9(11)12)14-10(15-8)6-3-4-6/h5-6,9H,2-4H2,1H3,(H,13,14,15). The number of halogens is 2. The van der Waals surface area contributed by atoms with Crippen LogP contribution >= 0.6 is 0 Å². The fraction of sp³-hybridized carbons (Fsp3) is 0.600. The molecule has 0 spiro atoms. The van der Waals surface area contributed by atoms with E-state index in [-0.39, 0.29) is 5.69 Å². The molecule has 1 heterocycles. The molecule has 82 valence electrons. The molecular weight excluding hydrogens is 200 g/mol. The van der Waals surface area contributed by atoms with Crippen LogP contribution in [-0.4, -0.2) is 16.5 Å². The van der Waals surface area contributed by atoms with E-state index >= 15 is 0 Å². The van der Waals surface area contributed by atoms with Crippen molar-refractivity contribution in [3.8, 4) is 0 Å². The van der Waals surface area contributed by atoms with Gasteiger partial charge in [0.25, 0.3) is 6.43 Å². The maximum Gasteiger partial charge on any atom is 0.280 e. The quantitative estimate of drug-likeness (QED) is 0.835. The van der Waals surface area contributed by atoms with E-state index in [0.29, 0.717) is 24.1 Å². The predicted molar refractivity (Wildman–Crippen MR) is 53.1 cm³/mol. The Morgan fingerprint density at radius 1 is 1.47 bits per heavy atom. The molecule has 0 atom stereocenters. The van der Waals surface area contributed by atoms with Gasteiger partial charge in [-0.05, 0) is 19.8 Å². The number of aromatic nitrogens is 2. The number of rotatable bonds is 4. The molecule has 3 nitrogen and oxygen atoms in total. The van der Waals surface area contributed by atoms with E-state index in [1.54, 1.807) is 0 Å². The van der Waals surface area contributed by atoms with Crippen molar-refractivity contribution in [2.24, 2.45) is 0 Å². The average molecular weight is 213 g/mol. The van der Waals surface area contributed by atoms with Gasteiger partial charge in [-0.15, -0.1) is 0 Å². The number of anilines is 1. The molecular formula is C10H13F2N3. The largest absolute Gasteiger partial charge is 0.370 e. The number of hydrogen-bond donors (Lipinski definition) is 1. The monoisotopic (exact) mass is 213 g/mol. The molecule has 0 bridgehead atoms. The summed E-state index contributed by atoms with van der Waals surface area (Å²) in [7, 11) is 0. The minimum Gasteiger partial charge on any atom is -0.370 e. The first kappa shape index (κ1) is 10.3. The summed E-state index contributed by atoms with van der Waals surface area (Å²) in [6, 6.07) is 1.32. The molecule has 1 saturated carbocycles. The first-order chi connectivity index (χ1) is 7.20. The highest BCUT2D eigenvalue weighted by Crippen LogP contribution is 2.39. The van der Waals surface area contributed by atoms with Crippen molar-refractivity contribution < 1.29 is 8.78 Å². The Hall–Kier alpha value is -1.26. The maximum absolute atomic E-state index is 12.5. The second-order valence-corrected chi connectivity index (χ2v) is 3.64. The molecule has 0 unspecified atom stereocenters. The van der Waals surface area contributed by atoms with Crippen molar-refractivity contribution in [1.29, 1.82) is 0 Å². The van der Waals surface area contributed by atoms with E-state index in [1.165, 1.54) is 6.07 Å². The van der Waals surface area contributed by atoms with E-state index in [9.17, 15) is 8.78 Å². The minimum absolute atomic E-state index is 0.178. The molecule has 1 aliphatic rings. The lowest BCUT2D eigenvalue weighted by atomic mass is 10.3. The summed E-state index contributed by atoms with van der Waals surface area (Å²) in [5, 5.41) is 2.94. The highest BCUT2D eigenvalue weighted by Gasteiger charge is 2.28. The van der Waals surface area contributed by atoms with Crippen molar-refractivity contribution in [2.75, 3.05) is 11.9 Å². The van der Waals surface area contributed by atoms with Crippen LogP contribution in [0.3, 0.4) is 0 Å². The molecule has 0 aromatic carbocycles. The molecule has 1 N–H and O–H groups in total. The summed E-state index contributed by atoms with van der Waals surface area (Å²) in [6.07, 6.45) is -0.501. The van der Waals surface area contributed by atoms with Gasteiger partial charge < -0.3 is 5.32 Å². The highest BCUT2D eigenvalue weighted by molar-refractivity contribution is 5.37. The average Bonchev–Trinajstić information content (AvgIpc) is 3.01. The zero-order valence-electron chi connectivity index (χ0n) is 8.50. The Balaban J connectivity index is 2.30. The van der Waals surface area contributed by atoms with Gasteiger partial charge >= 0.3 is 0 Å². The van der Waals surface area contributed by atoms with Gasteiger partial charge in [-0.2, -0.15) is 0 Å². The Kier molecular flexibility index (Phi) is 2.79. The van der Waals surface area contributed by atoms with Crippen molar-refractivity contribution >= 4 is 5.82 Å². The lowest BCUT2D eigenvalue weighted by Gasteiger charge is -2.07. The van der Waals surface area contributed by atoms with Crippen LogP contribution < -0.4 is 5.32 Å². The van der Waals surface area contributed by atoms with Gasteiger partial charge in [0.2, 0.25) is 0 Å². The van der Waals surface area contributed by atoms with Gasteiger partial charge in [0, 0.05) is 18.5 Å². The van der Waals surface area contributed by atoms with Crippen LogP contribution in [0.5, 0.6) is 0 Å². The molecule has 2 rings (SSSR count). The molecule has 0 amide bonds. The predicted octanol–water partition coefficient (Wildman–Crippen LogP) is 2.72. The molecule has 0 saturated heterocycles. The molecule has 1 aromatic heterocycles. The van der Waals surface area contributed by atoms with Gasteiger partial charge in [0.1, 0.15) is 17.3 Å². The maximum atomic E-state index is 12.5. The summed E-state index contributed by atoms with van der Waals surface area (Å²) in [5.41, 5.74) is -0.178. The first-order valence-corrected chi connectivity index (χ1v) is 5.11. The number of nitrogens with one attached hydrogen (secondary N) is 1. The lowest BCUT2D eigenvalue weighted by Crippen LogP contribution is -2.05. The van der Waals surface area contributed by atoms with E-state index in [0.717, 1.165) is 12.8 Å². The van der Waals surface area contributed by atoms with Crippen LogP contribution in [0.25, 0.3) is 0 Å². The minimum atomic E-state index is -2.53. The van der Waals surface area contributed by atoms with Crippen LogP contribution in [0.1, 0.15) is 43.6 Å². The van der Waals surface area contributed by atoms with Crippen LogP contribution in [0.4, 0.5) is 14.6 Å².